The first-order valence-electron chi connectivity index (χ1n) is 12.8. The molecule has 3 atom stereocenters. The second-order valence-electron chi connectivity index (χ2n) is 10.3. The van der Waals surface area contributed by atoms with Gasteiger partial charge in [0.05, 0.1) is 28.5 Å². The molecule has 212 valence electrons. The number of likely N-dealkylation sites (tertiary alicyclic amines) is 2. The van der Waals surface area contributed by atoms with Crippen molar-refractivity contribution in [1.29, 1.82) is 0 Å². The van der Waals surface area contributed by atoms with Crippen molar-refractivity contribution in [3.05, 3.63) is 63.5 Å². The standard InChI is InChI=1S/C27H28Cl2N4O5S2/c1-15(2)25(31-26(35)22-9-16-5-3-4-6-21(16)39-22)27(36)33-14-18-11-19(33)13-32(18)24(34)12-30-40(37,38)23-8-7-17(28)10-20(23)29/h3-10,15,18-19,25,30H,11-14H2,1-2H3,(H,31,35)/t18-,19-,25-/m0/s1. The third kappa shape index (κ3) is 5.71. The molecular formula is C27H28Cl2N4O5S2. The first kappa shape index (κ1) is 28.8. The summed E-state index contributed by atoms with van der Waals surface area (Å²) in [7, 11) is -4.03. The molecular weight excluding hydrogens is 595 g/mol. The lowest BCUT2D eigenvalue weighted by atomic mass is 10.0. The van der Waals surface area contributed by atoms with E-state index >= 15 is 0 Å². The van der Waals surface area contributed by atoms with Crippen LogP contribution in [0.2, 0.25) is 10.0 Å². The summed E-state index contributed by atoms with van der Waals surface area (Å²) in [5, 5.41) is 4.16. The maximum absolute atomic E-state index is 13.6. The molecule has 3 heterocycles. The Morgan fingerprint density at radius 2 is 1.73 bits per heavy atom. The average Bonchev–Trinajstić information content (AvgIpc) is 3.64. The summed E-state index contributed by atoms with van der Waals surface area (Å²) in [4.78, 5) is 43.3. The number of piperazine rings is 1. The Morgan fingerprint density at radius 3 is 2.38 bits per heavy atom. The van der Waals surface area contributed by atoms with Gasteiger partial charge in [-0.15, -0.1) is 11.3 Å². The molecule has 2 fully saturated rings. The van der Waals surface area contributed by atoms with Gasteiger partial charge in [0.2, 0.25) is 21.8 Å². The topological polar surface area (TPSA) is 116 Å². The lowest BCUT2D eigenvalue weighted by molar-refractivity contribution is -0.141. The Hall–Kier alpha value is -2.70. The molecule has 2 aromatic carbocycles. The molecule has 2 aliphatic rings. The van der Waals surface area contributed by atoms with Gasteiger partial charge >= 0.3 is 0 Å². The zero-order chi connectivity index (χ0) is 28.8. The number of nitrogens with zero attached hydrogens (tertiary/aromatic N) is 2. The van der Waals surface area contributed by atoms with Crippen molar-refractivity contribution in [2.75, 3.05) is 19.6 Å². The van der Waals surface area contributed by atoms with E-state index in [9.17, 15) is 22.8 Å². The molecule has 2 saturated heterocycles. The Balaban J connectivity index is 1.19. The smallest absolute Gasteiger partial charge is 0.262 e. The fraction of sp³-hybridized carbons (Fsp3) is 0.370. The zero-order valence-corrected chi connectivity index (χ0v) is 24.9. The molecule has 1 aromatic heterocycles. The maximum atomic E-state index is 13.6. The largest absolute Gasteiger partial charge is 0.339 e. The highest BCUT2D eigenvalue weighted by Gasteiger charge is 2.48. The van der Waals surface area contributed by atoms with Gasteiger partial charge in [-0.3, -0.25) is 14.4 Å². The quantitative estimate of drug-likeness (QED) is 0.397. The molecule has 2 aliphatic heterocycles. The Morgan fingerprint density at radius 1 is 1.02 bits per heavy atom. The number of hydrogen-bond donors (Lipinski definition) is 2. The number of rotatable bonds is 8. The van der Waals surface area contributed by atoms with Crippen molar-refractivity contribution in [2.24, 2.45) is 5.92 Å². The van der Waals surface area contributed by atoms with E-state index in [1.165, 1.54) is 29.5 Å². The monoisotopic (exact) mass is 622 g/mol. The Kier molecular flexibility index (Phi) is 8.13. The highest BCUT2D eigenvalue weighted by molar-refractivity contribution is 7.89. The van der Waals surface area contributed by atoms with E-state index in [2.05, 4.69) is 10.0 Å². The van der Waals surface area contributed by atoms with Gasteiger partial charge < -0.3 is 15.1 Å². The predicted octanol–water partition coefficient (Wildman–Crippen LogP) is 3.75. The number of hydrogen-bond acceptors (Lipinski definition) is 6. The van der Waals surface area contributed by atoms with Gasteiger partial charge in [-0.2, -0.15) is 0 Å². The van der Waals surface area contributed by atoms with Crippen LogP contribution in [0.1, 0.15) is 29.9 Å². The van der Waals surface area contributed by atoms with Crippen LogP contribution in [0.3, 0.4) is 0 Å². The molecule has 5 rings (SSSR count). The number of nitrogens with one attached hydrogen (secondary N) is 2. The summed E-state index contributed by atoms with van der Waals surface area (Å²) in [5.74, 6) is -0.992. The van der Waals surface area contributed by atoms with Gasteiger partial charge in [0, 0.05) is 22.8 Å². The summed E-state index contributed by atoms with van der Waals surface area (Å²) in [6, 6.07) is 12.4. The van der Waals surface area contributed by atoms with E-state index in [-0.39, 0.29) is 45.6 Å². The molecule has 0 radical (unpaired) electrons. The van der Waals surface area contributed by atoms with E-state index in [1.807, 2.05) is 44.2 Å². The van der Waals surface area contributed by atoms with Crippen LogP contribution in [0.5, 0.6) is 0 Å². The van der Waals surface area contributed by atoms with Gasteiger partial charge in [-0.05, 0) is 48.1 Å². The third-order valence-corrected chi connectivity index (χ3v) is 10.5. The molecule has 0 unspecified atom stereocenters. The molecule has 40 heavy (non-hydrogen) atoms. The van der Waals surface area contributed by atoms with Crippen LogP contribution in [0.4, 0.5) is 0 Å². The van der Waals surface area contributed by atoms with Crippen LogP contribution in [0.15, 0.2) is 53.4 Å². The number of halogens is 2. The summed E-state index contributed by atoms with van der Waals surface area (Å²) < 4.78 is 28.7. The lowest BCUT2D eigenvalue weighted by Crippen LogP contribution is -2.57. The number of carbonyl (C=O) groups is 3. The van der Waals surface area contributed by atoms with Crippen LogP contribution in [-0.2, 0) is 19.6 Å². The second-order valence-corrected chi connectivity index (χ2v) is 14.0. The van der Waals surface area contributed by atoms with Crippen molar-refractivity contribution < 1.29 is 22.8 Å². The Bertz CT molecular complexity index is 1560. The number of fused-ring (bicyclic) bond motifs is 3. The number of sulfonamides is 1. The van der Waals surface area contributed by atoms with Crippen molar-refractivity contribution in [2.45, 2.75) is 43.3 Å². The number of carbonyl (C=O) groups excluding carboxylic acids is 3. The van der Waals surface area contributed by atoms with E-state index in [4.69, 9.17) is 23.2 Å². The zero-order valence-electron chi connectivity index (χ0n) is 21.8. The predicted molar refractivity (Wildman–Crippen MR) is 155 cm³/mol. The van der Waals surface area contributed by atoms with Gasteiger partial charge in [-0.1, -0.05) is 55.2 Å². The maximum Gasteiger partial charge on any atom is 0.262 e. The number of amides is 3. The van der Waals surface area contributed by atoms with Crippen LogP contribution in [0, 0.1) is 5.92 Å². The fourth-order valence-electron chi connectivity index (χ4n) is 5.27. The SMILES string of the molecule is CC(C)[C@H](NC(=O)c1cc2ccccc2s1)C(=O)N1C[C@@H]2C[C@H]1CN2C(=O)CNS(=O)(=O)c1ccc(Cl)cc1Cl. The van der Waals surface area contributed by atoms with E-state index in [0.29, 0.717) is 29.4 Å². The van der Waals surface area contributed by atoms with Crippen LogP contribution in [-0.4, -0.2) is 73.7 Å². The molecule has 2 N–H and O–H groups in total. The van der Waals surface area contributed by atoms with Crippen LogP contribution >= 0.6 is 34.5 Å². The summed E-state index contributed by atoms with van der Waals surface area (Å²) in [6.45, 7) is 3.97. The van der Waals surface area contributed by atoms with Crippen molar-refractivity contribution >= 4 is 72.4 Å². The molecule has 9 nitrogen and oxygen atoms in total. The average molecular weight is 624 g/mol. The highest BCUT2D eigenvalue weighted by Crippen LogP contribution is 2.32. The van der Waals surface area contributed by atoms with Crippen LogP contribution < -0.4 is 10.0 Å². The second kappa shape index (κ2) is 11.3. The van der Waals surface area contributed by atoms with E-state index in [1.54, 1.807) is 9.80 Å². The van der Waals surface area contributed by atoms with Crippen LogP contribution in [0.25, 0.3) is 10.1 Å². The summed E-state index contributed by atoms with van der Waals surface area (Å²) in [6.07, 6.45) is 0.600. The fourth-order valence-corrected chi connectivity index (χ4v) is 7.98. The molecule has 0 aliphatic carbocycles. The lowest BCUT2D eigenvalue weighted by Gasteiger charge is -2.37. The minimum atomic E-state index is -4.03. The molecule has 3 amide bonds. The summed E-state index contributed by atoms with van der Waals surface area (Å²) in [5.41, 5.74) is 0. The normalized spacial score (nSPS) is 19.4. The molecule has 0 saturated carbocycles. The minimum absolute atomic E-state index is 0.0408. The van der Waals surface area contributed by atoms with Crippen molar-refractivity contribution in [3.63, 3.8) is 0 Å². The summed E-state index contributed by atoms with van der Waals surface area (Å²) >= 11 is 13.3. The van der Waals surface area contributed by atoms with Crippen molar-refractivity contribution in [3.8, 4) is 0 Å². The molecule has 0 spiro atoms. The first-order valence-corrected chi connectivity index (χ1v) is 15.8. The van der Waals surface area contributed by atoms with Gasteiger partial charge in [0.15, 0.2) is 0 Å². The number of thiophene rings is 1. The highest BCUT2D eigenvalue weighted by atomic mass is 35.5. The third-order valence-electron chi connectivity index (χ3n) is 7.31. The van der Waals surface area contributed by atoms with Gasteiger partial charge in [-0.25, -0.2) is 13.1 Å². The number of benzene rings is 2. The van der Waals surface area contributed by atoms with E-state index in [0.717, 1.165) is 10.1 Å². The first-order chi connectivity index (χ1) is 18.9. The molecule has 13 heteroatoms. The van der Waals surface area contributed by atoms with Gasteiger partial charge in [0.1, 0.15) is 10.9 Å². The van der Waals surface area contributed by atoms with Crippen molar-refractivity contribution in [1.82, 2.24) is 19.8 Å². The minimum Gasteiger partial charge on any atom is -0.339 e. The molecule has 2 bridgehead atoms. The van der Waals surface area contributed by atoms with Gasteiger partial charge in [0.25, 0.3) is 5.91 Å². The molecule has 3 aromatic rings. The van der Waals surface area contributed by atoms with E-state index < -0.39 is 22.6 Å². The Labute approximate surface area is 246 Å².